The van der Waals surface area contributed by atoms with Crippen LogP contribution in [0.2, 0.25) is 0 Å². The van der Waals surface area contributed by atoms with Gasteiger partial charge in [-0.1, -0.05) is 23.9 Å². The molecule has 0 amide bonds. The van der Waals surface area contributed by atoms with Gasteiger partial charge < -0.3 is 4.74 Å². The lowest BCUT2D eigenvalue weighted by Gasteiger charge is -2.08. The fourth-order valence-corrected chi connectivity index (χ4v) is 3.16. The van der Waals surface area contributed by atoms with E-state index in [0.29, 0.717) is 22.7 Å². The summed E-state index contributed by atoms with van der Waals surface area (Å²) in [4.78, 5) is 5.38. The van der Waals surface area contributed by atoms with Gasteiger partial charge in [-0.3, -0.25) is 0 Å². The standard InChI is InChI=1S/C23H17F4NOS/c1-29-20-10-8-19(9-11-20)28-22(14-15-30-21-12-6-18(24)7-13-21)16-2-4-17(5-3-16)23(25,26)27/h2-15H,1H3/b15-14+,28-22?. The van der Waals surface area contributed by atoms with Crippen LogP contribution < -0.4 is 4.74 Å². The Morgan fingerprint density at radius 2 is 1.53 bits per heavy atom. The molecular weight excluding hydrogens is 414 g/mol. The van der Waals surface area contributed by atoms with Crippen LogP contribution in [0.5, 0.6) is 5.75 Å². The molecule has 154 valence electrons. The molecule has 0 unspecified atom stereocenters. The summed E-state index contributed by atoms with van der Waals surface area (Å²) in [5.74, 6) is 0.349. The molecule has 3 aromatic rings. The summed E-state index contributed by atoms with van der Waals surface area (Å²) in [6.07, 6.45) is -2.69. The van der Waals surface area contributed by atoms with Crippen molar-refractivity contribution in [2.75, 3.05) is 7.11 Å². The van der Waals surface area contributed by atoms with Crippen molar-refractivity contribution in [3.63, 3.8) is 0 Å². The summed E-state index contributed by atoms with van der Waals surface area (Å²) < 4.78 is 56.8. The summed E-state index contributed by atoms with van der Waals surface area (Å²) in [5, 5.41) is 1.76. The molecule has 0 atom stereocenters. The van der Waals surface area contributed by atoms with Crippen LogP contribution in [0.3, 0.4) is 0 Å². The van der Waals surface area contributed by atoms with Crippen LogP contribution in [0.25, 0.3) is 0 Å². The molecule has 0 saturated heterocycles. The van der Waals surface area contributed by atoms with Gasteiger partial charge in [-0.05, 0) is 72.1 Å². The highest BCUT2D eigenvalue weighted by atomic mass is 32.2. The average molecular weight is 431 g/mol. The highest BCUT2D eigenvalue weighted by Crippen LogP contribution is 2.29. The SMILES string of the molecule is COc1ccc(N=C(/C=C/Sc2ccc(F)cc2)c2ccc(C(F)(F)F)cc2)cc1. The van der Waals surface area contributed by atoms with Crippen molar-refractivity contribution in [1.82, 2.24) is 0 Å². The molecule has 0 aliphatic carbocycles. The first-order valence-electron chi connectivity index (χ1n) is 8.84. The predicted molar refractivity (Wildman–Crippen MR) is 112 cm³/mol. The predicted octanol–water partition coefficient (Wildman–Crippen LogP) is 7.28. The molecule has 0 N–H and O–H groups in total. The second-order valence-corrected chi connectivity index (χ2v) is 7.12. The zero-order chi connectivity index (χ0) is 21.6. The molecule has 30 heavy (non-hydrogen) atoms. The van der Waals surface area contributed by atoms with E-state index < -0.39 is 11.7 Å². The van der Waals surface area contributed by atoms with Gasteiger partial charge in [-0.15, -0.1) is 0 Å². The molecule has 3 aromatic carbocycles. The van der Waals surface area contributed by atoms with Gasteiger partial charge in [-0.2, -0.15) is 13.2 Å². The smallest absolute Gasteiger partial charge is 0.416 e. The summed E-state index contributed by atoms with van der Waals surface area (Å²) in [7, 11) is 1.56. The lowest BCUT2D eigenvalue weighted by molar-refractivity contribution is -0.137. The monoisotopic (exact) mass is 431 g/mol. The Morgan fingerprint density at radius 1 is 0.900 bits per heavy atom. The molecule has 0 aliphatic rings. The van der Waals surface area contributed by atoms with E-state index in [1.165, 1.54) is 36.0 Å². The fraction of sp³-hybridized carbons (Fsp3) is 0.0870. The topological polar surface area (TPSA) is 21.6 Å². The third-order valence-electron chi connectivity index (χ3n) is 4.07. The molecule has 0 bridgehead atoms. The van der Waals surface area contributed by atoms with Gasteiger partial charge in [-0.25, -0.2) is 9.38 Å². The van der Waals surface area contributed by atoms with Crippen LogP contribution >= 0.6 is 11.8 Å². The lowest BCUT2D eigenvalue weighted by atomic mass is 10.1. The number of methoxy groups -OCH3 is 1. The average Bonchev–Trinajstić information content (AvgIpc) is 2.74. The van der Waals surface area contributed by atoms with E-state index in [-0.39, 0.29) is 5.82 Å². The van der Waals surface area contributed by atoms with Crippen LogP contribution in [0.15, 0.2) is 94.2 Å². The minimum absolute atomic E-state index is 0.324. The molecule has 0 spiro atoms. The normalized spacial score (nSPS) is 12.4. The number of hydrogen-bond acceptors (Lipinski definition) is 3. The van der Waals surface area contributed by atoms with Gasteiger partial charge in [0.15, 0.2) is 0 Å². The second kappa shape index (κ2) is 9.63. The largest absolute Gasteiger partial charge is 0.497 e. The summed E-state index contributed by atoms with van der Waals surface area (Å²) in [6.45, 7) is 0. The first-order chi connectivity index (χ1) is 14.3. The number of thioether (sulfide) groups is 1. The number of benzene rings is 3. The minimum atomic E-state index is -4.40. The fourth-order valence-electron chi connectivity index (χ4n) is 2.51. The van der Waals surface area contributed by atoms with Crippen molar-refractivity contribution >= 4 is 23.2 Å². The van der Waals surface area contributed by atoms with Crippen LogP contribution in [0, 0.1) is 5.82 Å². The Balaban J connectivity index is 1.89. The van der Waals surface area contributed by atoms with E-state index >= 15 is 0 Å². The molecular formula is C23H17F4NOS. The molecule has 2 nitrogen and oxygen atoms in total. The maximum atomic E-state index is 13.0. The first kappa shape index (κ1) is 21.6. The third-order valence-corrected chi connectivity index (χ3v) is 4.89. The number of hydrogen-bond donors (Lipinski definition) is 0. The molecule has 0 radical (unpaired) electrons. The Bertz CT molecular complexity index is 1020. The molecule has 0 aromatic heterocycles. The van der Waals surface area contributed by atoms with E-state index in [9.17, 15) is 17.6 Å². The van der Waals surface area contributed by atoms with Crippen LogP contribution in [0.4, 0.5) is 23.2 Å². The maximum absolute atomic E-state index is 13.0. The second-order valence-electron chi connectivity index (χ2n) is 6.14. The highest BCUT2D eigenvalue weighted by Gasteiger charge is 2.30. The number of halogens is 4. The van der Waals surface area contributed by atoms with E-state index in [1.807, 2.05) is 0 Å². The molecule has 0 aliphatic heterocycles. The van der Waals surface area contributed by atoms with Crippen LogP contribution in [-0.4, -0.2) is 12.8 Å². The van der Waals surface area contributed by atoms with Crippen molar-refractivity contribution in [3.8, 4) is 5.75 Å². The van der Waals surface area contributed by atoms with Gasteiger partial charge in [0.2, 0.25) is 0 Å². The quantitative estimate of drug-likeness (QED) is 0.232. The molecule has 0 heterocycles. The first-order valence-corrected chi connectivity index (χ1v) is 9.72. The lowest BCUT2D eigenvalue weighted by Crippen LogP contribution is -2.05. The van der Waals surface area contributed by atoms with Crippen molar-refractivity contribution in [1.29, 1.82) is 0 Å². The molecule has 0 saturated carbocycles. The number of allylic oxidation sites excluding steroid dienone is 1. The van der Waals surface area contributed by atoms with Crippen molar-refractivity contribution in [3.05, 3.63) is 101 Å². The minimum Gasteiger partial charge on any atom is -0.497 e. The number of rotatable bonds is 6. The van der Waals surface area contributed by atoms with Gasteiger partial charge >= 0.3 is 6.18 Å². The number of nitrogens with zero attached hydrogens (tertiary/aromatic N) is 1. The van der Waals surface area contributed by atoms with Crippen LogP contribution in [-0.2, 0) is 6.18 Å². The third kappa shape index (κ3) is 5.97. The summed E-state index contributed by atoms with van der Waals surface area (Å²) >= 11 is 1.35. The molecule has 0 fully saturated rings. The Kier molecular flexibility index (Phi) is 6.95. The van der Waals surface area contributed by atoms with Gasteiger partial charge in [0.25, 0.3) is 0 Å². The zero-order valence-electron chi connectivity index (χ0n) is 15.9. The Labute approximate surface area is 175 Å². The van der Waals surface area contributed by atoms with Gasteiger partial charge in [0, 0.05) is 10.5 Å². The summed E-state index contributed by atoms with van der Waals surface area (Å²) in [5.41, 5.74) is 0.931. The van der Waals surface area contributed by atoms with Gasteiger partial charge in [0.05, 0.1) is 24.1 Å². The number of aliphatic imine (C=N–C) groups is 1. The Morgan fingerprint density at radius 3 is 2.10 bits per heavy atom. The van der Waals surface area contributed by atoms with Crippen molar-refractivity contribution < 1.29 is 22.3 Å². The van der Waals surface area contributed by atoms with Crippen LogP contribution in [0.1, 0.15) is 11.1 Å². The molecule has 3 rings (SSSR count). The Hall–Kier alpha value is -3.06. The van der Waals surface area contributed by atoms with E-state index in [1.54, 1.807) is 55.0 Å². The number of ether oxygens (including phenoxy) is 1. The number of alkyl halides is 3. The highest BCUT2D eigenvalue weighted by molar-refractivity contribution is 8.02. The maximum Gasteiger partial charge on any atom is 0.416 e. The van der Waals surface area contributed by atoms with Crippen molar-refractivity contribution in [2.24, 2.45) is 4.99 Å². The van der Waals surface area contributed by atoms with Crippen molar-refractivity contribution in [2.45, 2.75) is 11.1 Å². The van der Waals surface area contributed by atoms with E-state index in [4.69, 9.17) is 4.74 Å². The zero-order valence-corrected chi connectivity index (χ0v) is 16.7. The molecule has 7 heteroatoms. The van der Waals surface area contributed by atoms with E-state index in [2.05, 4.69) is 4.99 Å². The van der Waals surface area contributed by atoms with E-state index in [0.717, 1.165) is 17.0 Å². The summed E-state index contributed by atoms with van der Waals surface area (Å²) in [6, 6.07) is 17.8. The van der Waals surface area contributed by atoms with Gasteiger partial charge in [0.1, 0.15) is 11.6 Å².